The minimum Gasteiger partial charge on any atom is -0.311 e. The average molecular weight is 396 g/mol. The van der Waals surface area contributed by atoms with Gasteiger partial charge >= 0.3 is 0 Å². The highest BCUT2D eigenvalue weighted by Gasteiger charge is 2.20. The minimum absolute atomic E-state index is 0.233. The lowest BCUT2D eigenvalue weighted by Gasteiger charge is -2.05. The number of hydrogen-bond acceptors (Lipinski definition) is 5. The number of hydrogen-bond donors (Lipinski definition) is 1. The quantitative estimate of drug-likeness (QED) is 0.635. The van der Waals surface area contributed by atoms with Gasteiger partial charge in [0.1, 0.15) is 11.9 Å². The lowest BCUT2D eigenvalue weighted by molar-refractivity contribution is -0.114. The van der Waals surface area contributed by atoms with Gasteiger partial charge in [0.05, 0.1) is 15.3 Å². The summed E-state index contributed by atoms with van der Waals surface area (Å²) < 4.78 is 0. The first-order valence-electron chi connectivity index (χ1n) is 8.01. The second kappa shape index (κ2) is 8.12. The molecule has 0 bridgehead atoms. The van der Waals surface area contributed by atoms with E-state index >= 15 is 0 Å². The molecule has 5 nitrogen and oxygen atoms in total. The number of benzene rings is 1. The Labute approximate surface area is 165 Å². The van der Waals surface area contributed by atoms with E-state index in [-0.39, 0.29) is 5.91 Å². The Kier molecular flexibility index (Phi) is 5.65. The molecule has 0 atom stereocenters. The molecular formula is C20H14ClN3O2S. The lowest BCUT2D eigenvalue weighted by Crippen LogP contribution is -2.07. The second-order valence-corrected chi connectivity index (χ2v) is 7.28. The molecule has 0 aliphatic heterocycles. The predicted octanol–water partition coefficient (Wildman–Crippen LogP) is 4.70. The summed E-state index contributed by atoms with van der Waals surface area (Å²) in [6.45, 7) is 1.40. The maximum atomic E-state index is 11.6. The van der Waals surface area contributed by atoms with E-state index < -0.39 is 0 Å². The van der Waals surface area contributed by atoms with Crippen molar-refractivity contribution in [1.82, 2.24) is 4.98 Å². The van der Waals surface area contributed by atoms with Crippen molar-refractivity contribution in [2.75, 3.05) is 5.32 Å². The number of carbonyl (C=O) groups excluding carboxylic acids is 2. The summed E-state index contributed by atoms with van der Waals surface area (Å²) in [6, 6.07) is 13.0. The summed E-state index contributed by atoms with van der Waals surface area (Å²) in [5.41, 5.74) is 2.82. The molecule has 0 saturated heterocycles. The Hall–Kier alpha value is -3.01. The normalized spacial score (nSPS) is 10.3. The first-order chi connectivity index (χ1) is 13.0. The van der Waals surface area contributed by atoms with Crippen molar-refractivity contribution in [3.05, 3.63) is 69.2 Å². The van der Waals surface area contributed by atoms with Crippen molar-refractivity contribution in [3.8, 4) is 16.5 Å². The van der Waals surface area contributed by atoms with E-state index in [1.165, 1.54) is 18.3 Å². The van der Waals surface area contributed by atoms with E-state index in [1.807, 2.05) is 12.1 Å². The van der Waals surface area contributed by atoms with E-state index in [4.69, 9.17) is 11.6 Å². The molecule has 1 amide bonds. The van der Waals surface area contributed by atoms with Gasteiger partial charge in [-0.2, -0.15) is 5.26 Å². The van der Waals surface area contributed by atoms with Crippen LogP contribution in [0.5, 0.6) is 0 Å². The number of halogens is 1. The van der Waals surface area contributed by atoms with Crippen LogP contribution in [-0.2, 0) is 11.2 Å². The third-order valence-corrected chi connectivity index (χ3v) is 5.34. The van der Waals surface area contributed by atoms with E-state index in [2.05, 4.69) is 16.4 Å². The number of rotatable bonds is 5. The number of nitrogens with zero attached hydrogens (tertiary/aromatic N) is 2. The van der Waals surface area contributed by atoms with Gasteiger partial charge in [-0.1, -0.05) is 23.7 Å². The largest absolute Gasteiger partial charge is 0.311 e. The Morgan fingerprint density at radius 3 is 2.70 bits per heavy atom. The summed E-state index contributed by atoms with van der Waals surface area (Å²) in [5, 5.41) is 13.0. The summed E-state index contributed by atoms with van der Waals surface area (Å²) in [4.78, 5) is 28.1. The molecule has 1 aromatic carbocycles. The van der Waals surface area contributed by atoms with Crippen molar-refractivity contribution in [2.24, 2.45) is 0 Å². The van der Waals surface area contributed by atoms with Crippen molar-refractivity contribution in [2.45, 2.75) is 13.3 Å². The van der Waals surface area contributed by atoms with Gasteiger partial charge in [-0.25, -0.2) is 4.98 Å². The zero-order valence-corrected chi connectivity index (χ0v) is 15.9. The zero-order chi connectivity index (χ0) is 19.4. The van der Waals surface area contributed by atoms with Gasteiger partial charge in [-0.05, 0) is 41.0 Å². The van der Waals surface area contributed by atoms with Crippen molar-refractivity contribution in [3.63, 3.8) is 0 Å². The van der Waals surface area contributed by atoms with Crippen LogP contribution in [0.1, 0.15) is 33.3 Å². The number of carbonyl (C=O) groups is 2. The fourth-order valence-corrected chi connectivity index (χ4v) is 3.91. The highest BCUT2D eigenvalue weighted by molar-refractivity contribution is 7.17. The topological polar surface area (TPSA) is 82.9 Å². The van der Waals surface area contributed by atoms with Gasteiger partial charge in [0.25, 0.3) is 0 Å². The van der Waals surface area contributed by atoms with Gasteiger partial charge in [-0.15, -0.1) is 11.3 Å². The average Bonchev–Trinajstić information content (AvgIpc) is 3.00. The number of thiophene rings is 1. The predicted molar refractivity (Wildman–Crippen MR) is 106 cm³/mol. The highest BCUT2D eigenvalue weighted by Crippen LogP contribution is 2.37. The number of amides is 1. The van der Waals surface area contributed by atoms with Gasteiger partial charge < -0.3 is 5.32 Å². The molecule has 2 heterocycles. The van der Waals surface area contributed by atoms with Crippen molar-refractivity contribution in [1.29, 1.82) is 5.26 Å². The maximum Gasteiger partial charge on any atom is 0.222 e. The Bertz CT molecular complexity index is 1050. The third kappa shape index (κ3) is 4.22. The molecule has 0 aliphatic carbocycles. The van der Waals surface area contributed by atoms with Crippen LogP contribution in [-0.4, -0.2) is 17.2 Å². The number of nitriles is 1. The molecule has 0 fully saturated rings. The molecule has 0 aliphatic rings. The van der Waals surface area contributed by atoms with Crippen LogP contribution in [0.25, 0.3) is 10.4 Å². The van der Waals surface area contributed by atoms with Crippen LogP contribution < -0.4 is 5.32 Å². The molecule has 27 heavy (non-hydrogen) atoms. The molecular weight excluding hydrogens is 382 g/mol. The molecule has 7 heteroatoms. The van der Waals surface area contributed by atoms with Crippen molar-refractivity contribution < 1.29 is 9.59 Å². The zero-order valence-electron chi connectivity index (χ0n) is 14.3. The summed E-state index contributed by atoms with van der Waals surface area (Å²) in [7, 11) is 0. The van der Waals surface area contributed by atoms with E-state index in [0.717, 1.165) is 17.4 Å². The van der Waals surface area contributed by atoms with Gasteiger partial charge in [-0.3, -0.25) is 9.59 Å². The SMILES string of the molecule is CC(=O)Nc1cc(-c2sc(C=O)c(Cc3ccc(Cl)cc3)c2C#N)ccn1. The molecule has 0 saturated carbocycles. The lowest BCUT2D eigenvalue weighted by atomic mass is 9.99. The fourth-order valence-electron chi connectivity index (χ4n) is 2.70. The van der Waals surface area contributed by atoms with Crippen LogP contribution in [0.4, 0.5) is 5.82 Å². The van der Waals surface area contributed by atoms with E-state index in [0.29, 0.717) is 38.1 Å². The first kappa shape index (κ1) is 18.8. The molecule has 134 valence electrons. The molecule has 0 unspecified atom stereocenters. The van der Waals surface area contributed by atoms with Crippen molar-refractivity contribution >= 4 is 40.9 Å². The summed E-state index contributed by atoms with van der Waals surface area (Å²) in [6.07, 6.45) is 2.78. The van der Waals surface area contributed by atoms with Crippen LogP contribution in [0.3, 0.4) is 0 Å². The number of nitrogens with one attached hydrogen (secondary N) is 1. The van der Waals surface area contributed by atoms with Gasteiger partial charge in [0.2, 0.25) is 5.91 Å². The summed E-state index contributed by atoms with van der Waals surface area (Å²) in [5.74, 6) is 0.160. The van der Waals surface area contributed by atoms with Gasteiger partial charge in [0.15, 0.2) is 6.29 Å². The number of anilines is 1. The van der Waals surface area contributed by atoms with Gasteiger partial charge in [0, 0.05) is 24.6 Å². The van der Waals surface area contributed by atoms with Crippen LogP contribution in [0, 0.1) is 11.3 Å². The monoisotopic (exact) mass is 395 g/mol. The molecule has 0 radical (unpaired) electrons. The Morgan fingerprint density at radius 2 is 2.07 bits per heavy atom. The third-order valence-electron chi connectivity index (χ3n) is 3.88. The molecule has 2 aromatic heterocycles. The number of aldehydes is 1. The minimum atomic E-state index is -0.233. The molecule has 3 rings (SSSR count). The Morgan fingerprint density at radius 1 is 1.33 bits per heavy atom. The molecule has 1 N–H and O–H groups in total. The number of pyridine rings is 1. The standard InChI is InChI=1S/C20H14ClN3O2S/c1-12(26)24-19-9-14(6-7-23-19)20-17(10-22)16(18(11-25)27-20)8-13-2-4-15(21)5-3-13/h2-7,9,11H,8H2,1H3,(H,23,24,26). The first-order valence-corrected chi connectivity index (χ1v) is 9.20. The van der Waals surface area contributed by atoms with Crippen LogP contribution in [0.15, 0.2) is 42.6 Å². The highest BCUT2D eigenvalue weighted by atomic mass is 35.5. The molecule has 3 aromatic rings. The van der Waals surface area contributed by atoms with Crippen LogP contribution >= 0.6 is 22.9 Å². The van der Waals surface area contributed by atoms with Crippen LogP contribution in [0.2, 0.25) is 5.02 Å². The van der Waals surface area contributed by atoms with E-state index in [9.17, 15) is 14.9 Å². The fraction of sp³-hybridized carbons (Fsp3) is 0.100. The Balaban J connectivity index is 2.06. The summed E-state index contributed by atoms with van der Waals surface area (Å²) >= 11 is 7.18. The van der Waals surface area contributed by atoms with E-state index in [1.54, 1.807) is 30.5 Å². The second-order valence-electron chi connectivity index (χ2n) is 5.79. The smallest absolute Gasteiger partial charge is 0.222 e. The molecule has 0 spiro atoms. The maximum absolute atomic E-state index is 11.6. The number of aromatic nitrogens is 1.